The summed E-state index contributed by atoms with van der Waals surface area (Å²) >= 11 is 0. The first-order chi connectivity index (χ1) is 14.5. The van der Waals surface area contributed by atoms with Gasteiger partial charge in [0.2, 0.25) is 0 Å². The summed E-state index contributed by atoms with van der Waals surface area (Å²) < 4.78 is 1.98. The standard InChI is InChI=1S/C23H31N7.HI/c1-6-24-23(26-16-20-11-9-13-22(27-20)29(4)5)25-15-19-10-7-8-12-21(19)30-18(3)14-17(2)28-30;/h7-14H,6,15-16H2,1-5H3,(H2,24,25,26);1H. The average molecular weight is 533 g/mol. The van der Waals surface area contributed by atoms with Gasteiger partial charge in [0.25, 0.3) is 0 Å². The Bertz CT molecular complexity index is 1010. The van der Waals surface area contributed by atoms with Crippen LogP contribution in [0.2, 0.25) is 0 Å². The first-order valence-electron chi connectivity index (χ1n) is 10.2. The number of anilines is 1. The van der Waals surface area contributed by atoms with E-state index in [9.17, 15) is 0 Å². The van der Waals surface area contributed by atoms with Crippen molar-refractivity contribution in [3.8, 4) is 5.69 Å². The van der Waals surface area contributed by atoms with E-state index in [4.69, 9.17) is 4.99 Å². The molecule has 0 aliphatic carbocycles. The number of para-hydroxylation sites is 1. The maximum absolute atomic E-state index is 4.79. The summed E-state index contributed by atoms with van der Waals surface area (Å²) in [5.41, 5.74) is 5.26. The fraction of sp³-hybridized carbons (Fsp3) is 0.348. The normalized spacial score (nSPS) is 11.1. The van der Waals surface area contributed by atoms with E-state index in [0.29, 0.717) is 13.1 Å². The molecule has 0 amide bonds. The van der Waals surface area contributed by atoms with Gasteiger partial charge in [-0.25, -0.2) is 14.7 Å². The first-order valence-corrected chi connectivity index (χ1v) is 10.2. The number of hydrogen-bond acceptors (Lipinski definition) is 4. The molecule has 0 spiro atoms. The van der Waals surface area contributed by atoms with Crippen molar-refractivity contribution in [3.05, 3.63) is 71.2 Å². The molecule has 166 valence electrons. The molecule has 2 heterocycles. The van der Waals surface area contributed by atoms with Gasteiger partial charge in [-0.05, 0) is 50.6 Å². The zero-order chi connectivity index (χ0) is 21.5. The minimum Gasteiger partial charge on any atom is -0.363 e. The number of aliphatic imine (C=N–C) groups is 1. The maximum atomic E-state index is 4.79. The van der Waals surface area contributed by atoms with E-state index < -0.39 is 0 Å². The Morgan fingerprint density at radius 3 is 2.52 bits per heavy atom. The molecule has 0 aliphatic heterocycles. The van der Waals surface area contributed by atoms with Gasteiger partial charge in [-0.3, -0.25) is 0 Å². The lowest BCUT2D eigenvalue weighted by atomic mass is 10.2. The molecule has 0 bridgehead atoms. The van der Waals surface area contributed by atoms with Crippen LogP contribution in [0.15, 0.2) is 53.5 Å². The van der Waals surface area contributed by atoms with Crippen LogP contribution in [0.25, 0.3) is 5.69 Å². The maximum Gasteiger partial charge on any atom is 0.191 e. The molecule has 0 radical (unpaired) electrons. The molecule has 1 aromatic carbocycles. The van der Waals surface area contributed by atoms with Gasteiger partial charge < -0.3 is 15.5 Å². The van der Waals surface area contributed by atoms with Crippen LogP contribution in [-0.2, 0) is 13.1 Å². The largest absolute Gasteiger partial charge is 0.363 e. The molecule has 31 heavy (non-hydrogen) atoms. The topological polar surface area (TPSA) is 70.4 Å². The lowest BCUT2D eigenvalue weighted by Crippen LogP contribution is -2.37. The SMILES string of the molecule is CCNC(=NCc1ccccc1-n1nc(C)cc1C)NCc1cccc(N(C)C)n1.I. The van der Waals surface area contributed by atoms with E-state index in [1.54, 1.807) is 0 Å². The Kier molecular flexibility index (Phi) is 9.29. The minimum atomic E-state index is 0. The number of rotatable bonds is 7. The summed E-state index contributed by atoms with van der Waals surface area (Å²) in [5, 5.41) is 11.3. The van der Waals surface area contributed by atoms with Gasteiger partial charge in [0.1, 0.15) is 5.82 Å². The average Bonchev–Trinajstić information content (AvgIpc) is 3.08. The smallest absolute Gasteiger partial charge is 0.191 e. The van der Waals surface area contributed by atoms with Crippen molar-refractivity contribution in [1.82, 2.24) is 25.4 Å². The zero-order valence-electron chi connectivity index (χ0n) is 18.9. The second-order valence-corrected chi connectivity index (χ2v) is 7.40. The number of nitrogens with zero attached hydrogens (tertiary/aromatic N) is 5. The monoisotopic (exact) mass is 533 g/mol. The van der Waals surface area contributed by atoms with Crippen molar-refractivity contribution in [2.45, 2.75) is 33.9 Å². The lowest BCUT2D eigenvalue weighted by molar-refractivity contribution is 0.790. The predicted molar refractivity (Wildman–Crippen MR) is 139 cm³/mol. The Morgan fingerprint density at radius 2 is 1.84 bits per heavy atom. The van der Waals surface area contributed by atoms with Crippen LogP contribution in [0, 0.1) is 13.8 Å². The summed E-state index contributed by atoms with van der Waals surface area (Å²) in [5.74, 6) is 1.70. The highest BCUT2D eigenvalue weighted by Crippen LogP contribution is 2.18. The highest BCUT2D eigenvalue weighted by atomic mass is 127. The highest BCUT2D eigenvalue weighted by Gasteiger charge is 2.09. The summed E-state index contributed by atoms with van der Waals surface area (Å²) in [4.78, 5) is 11.5. The molecule has 2 aromatic heterocycles. The van der Waals surface area contributed by atoms with Crippen molar-refractivity contribution in [2.24, 2.45) is 4.99 Å². The van der Waals surface area contributed by atoms with E-state index in [1.807, 2.05) is 60.9 Å². The Hall–Kier alpha value is -2.62. The lowest BCUT2D eigenvalue weighted by Gasteiger charge is -2.15. The fourth-order valence-corrected chi connectivity index (χ4v) is 3.22. The summed E-state index contributed by atoms with van der Waals surface area (Å²) in [6.07, 6.45) is 0. The molecular formula is C23H32IN7. The number of pyridine rings is 1. The molecule has 0 unspecified atom stereocenters. The van der Waals surface area contributed by atoms with Crippen LogP contribution in [0.5, 0.6) is 0 Å². The van der Waals surface area contributed by atoms with Crippen molar-refractivity contribution in [3.63, 3.8) is 0 Å². The number of nitrogens with one attached hydrogen (secondary N) is 2. The van der Waals surface area contributed by atoms with Crippen molar-refractivity contribution < 1.29 is 0 Å². The molecule has 2 N–H and O–H groups in total. The molecule has 0 aliphatic rings. The van der Waals surface area contributed by atoms with Crippen LogP contribution in [0.1, 0.15) is 29.6 Å². The zero-order valence-corrected chi connectivity index (χ0v) is 21.2. The van der Waals surface area contributed by atoms with Gasteiger partial charge in [0.15, 0.2) is 5.96 Å². The number of aromatic nitrogens is 3. The van der Waals surface area contributed by atoms with Gasteiger partial charge in [0, 0.05) is 26.3 Å². The van der Waals surface area contributed by atoms with Crippen LogP contribution in [0.3, 0.4) is 0 Å². The van der Waals surface area contributed by atoms with E-state index in [-0.39, 0.29) is 24.0 Å². The van der Waals surface area contributed by atoms with E-state index in [2.05, 4.69) is 52.8 Å². The molecular weight excluding hydrogens is 501 g/mol. The third-order valence-corrected chi connectivity index (χ3v) is 4.67. The molecule has 3 aromatic rings. The van der Waals surface area contributed by atoms with Crippen LogP contribution < -0.4 is 15.5 Å². The quantitative estimate of drug-likeness (QED) is 0.275. The molecule has 0 atom stereocenters. The predicted octanol–water partition coefficient (Wildman–Crippen LogP) is 3.82. The van der Waals surface area contributed by atoms with Crippen LogP contribution in [0.4, 0.5) is 5.82 Å². The van der Waals surface area contributed by atoms with Crippen LogP contribution >= 0.6 is 24.0 Å². The van der Waals surface area contributed by atoms with E-state index in [1.165, 1.54) is 0 Å². The number of guanidine groups is 1. The highest BCUT2D eigenvalue weighted by molar-refractivity contribution is 14.0. The second kappa shape index (κ2) is 11.7. The number of aryl methyl sites for hydroxylation is 2. The third-order valence-electron chi connectivity index (χ3n) is 4.67. The van der Waals surface area contributed by atoms with Gasteiger partial charge in [0.05, 0.1) is 30.2 Å². The van der Waals surface area contributed by atoms with Crippen LogP contribution in [-0.4, -0.2) is 41.4 Å². The van der Waals surface area contributed by atoms with Gasteiger partial charge in [-0.1, -0.05) is 24.3 Å². The molecule has 0 fully saturated rings. The molecule has 8 heteroatoms. The molecule has 7 nitrogen and oxygen atoms in total. The van der Waals surface area contributed by atoms with Crippen molar-refractivity contribution in [2.75, 3.05) is 25.5 Å². The van der Waals surface area contributed by atoms with Gasteiger partial charge in [-0.15, -0.1) is 24.0 Å². The van der Waals surface area contributed by atoms with Gasteiger partial charge in [-0.2, -0.15) is 5.10 Å². The second-order valence-electron chi connectivity index (χ2n) is 7.40. The minimum absolute atomic E-state index is 0. The molecule has 0 saturated carbocycles. The fourth-order valence-electron chi connectivity index (χ4n) is 3.22. The number of halogens is 1. The number of hydrogen-bond donors (Lipinski definition) is 2. The number of benzene rings is 1. The third kappa shape index (κ3) is 6.68. The summed E-state index contributed by atoms with van der Waals surface area (Å²) in [6.45, 7) is 8.08. The summed E-state index contributed by atoms with van der Waals surface area (Å²) in [6, 6.07) is 16.4. The Labute approximate surface area is 202 Å². The molecule has 0 saturated heterocycles. The van der Waals surface area contributed by atoms with Crippen molar-refractivity contribution >= 4 is 35.8 Å². The van der Waals surface area contributed by atoms with Crippen molar-refractivity contribution in [1.29, 1.82) is 0 Å². The molecule has 3 rings (SSSR count). The van der Waals surface area contributed by atoms with E-state index in [0.717, 1.165) is 46.7 Å². The Morgan fingerprint density at radius 1 is 1.06 bits per heavy atom. The first kappa shape index (κ1) is 24.6. The Balaban J connectivity index is 0.00000341. The van der Waals surface area contributed by atoms with E-state index >= 15 is 0 Å². The summed E-state index contributed by atoms with van der Waals surface area (Å²) in [7, 11) is 3.98. The van der Waals surface area contributed by atoms with Gasteiger partial charge >= 0.3 is 0 Å².